The van der Waals surface area contributed by atoms with Gasteiger partial charge in [0.1, 0.15) is 22.4 Å². The summed E-state index contributed by atoms with van der Waals surface area (Å²) >= 11 is 21.1. The van der Waals surface area contributed by atoms with Crippen molar-refractivity contribution >= 4 is 68.1 Å². The zero-order chi connectivity index (χ0) is 13.3. The first-order chi connectivity index (χ1) is 8.49. The van der Waals surface area contributed by atoms with Crippen LogP contribution in [0.15, 0.2) is 22.9 Å². The second kappa shape index (κ2) is 5.48. The van der Waals surface area contributed by atoms with Gasteiger partial charge in [0.25, 0.3) is 0 Å². The lowest BCUT2D eigenvalue weighted by Gasteiger charge is -2.10. The van der Waals surface area contributed by atoms with Crippen molar-refractivity contribution < 1.29 is 0 Å². The summed E-state index contributed by atoms with van der Waals surface area (Å²) in [6.45, 7) is 0. The van der Waals surface area contributed by atoms with Crippen LogP contribution in [0, 0.1) is 0 Å². The molecule has 2 aromatic rings. The fourth-order valence-electron chi connectivity index (χ4n) is 1.22. The van der Waals surface area contributed by atoms with E-state index < -0.39 is 0 Å². The molecular formula is C10H6BrCl3N4. The van der Waals surface area contributed by atoms with Crippen LogP contribution in [0.1, 0.15) is 0 Å². The van der Waals surface area contributed by atoms with Gasteiger partial charge >= 0.3 is 0 Å². The van der Waals surface area contributed by atoms with Gasteiger partial charge in [0.15, 0.2) is 0 Å². The van der Waals surface area contributed by atoms with Crippen molar-refractivity contribution in [2.45, 2.75) is 0 Å². The van der Waals surface area contributed by atoms with Gasteiger partial charge in [-0.25, -0.2) is 9.97 Å². The molecule has 0 bridgehead atoms. The third-order valence-corrected chi connectivity index (χ3v) is 3.90. The number of hydrogen-bond donors (Lipinski definition) is 2. The minimum atomic E-state index is 0.323. The monoisotopic (exact) mass is 366 g/mol. The Morgan fingerprint density at radius 1 is 1.06 bits per heavy atom. The Hall–Kier alpha value is -0.750. The van der Waals surface area contributed by atoms with Crippen molar-refractivity contribution in [2.24, 2.45) is 0 Å². The standard InChI is InChI=1S/C10H6BrCl3N4/c11-8-9(15)16-3-17-10(8)18-7-2-5(13)4(12)1-6(7)14/h1-3H,(H3,15,16,17,18). The Bertz CT molecular complexity index is 606. The lowest BCUT2D eigenvalue weighted by Crippen LogP contribution is -2.00. The number of aromatic nitrogens is 2. The van der Waals surface area contributed by atoms with Gasteiger partial charge in [-0.15, -0.1) is 0 Å². The Balaban J connectivity index is 2.40. The summed E-state index contributed by atoms with van der Waals surface area (Å²) in [5, 5.41) is 4.19. The fourth-order valence-corrected chi connectivity index (χ4v) is 2.11. The highest BCUT2D eigenvalue weighted by Gasteiger charge is 2.10. The second-order valence-corrected chi connectivity index (χ2v) is 5.31. The molecule has 0 saturated heterocycles. The van der Waals surface area contributed by atoms with E-state index in [1.807, 2.05) is 0 Å². The highest BCUT2D eigenvalue weighted by atomic mass is 79.9. The van der Waals surface area contributed by atoms with Gasteiger partial charge in [0.05, 0.1) is 20.8 Å². The molecule has 2 rings (SSSR count). The summed E-state index contributed by atoms with van der Waals surface area (Å²) in [6.07, 6.45) is 1.34. The summed E-state index contributed by atoms with van der Waals surface area (Å²) in [7, 11) is 0. The van der Waals surface area contributed by atoms with Gasteiger partial charge in [0, 0.05) is 0 Å². The summed E-state index contributed by atoms with van der Waals surface area (Å²) in [5.74, 6) is 0.812. The van der Waals surface area contributed by atoms with Crippen LogP contribution in [0.4, 0.5) is 17.3 Å². The molecule has 0 spiro atoms. The van der Waals surface area contributed by atoms with E-state index in [1.54, 1.807) is 12.1 Å². The highest BCUT2D eigenvalue weighted by Crippen LogP contribution is 2.35. The van der Waals surface area contributed by atoms with Crippen LogP contribution < -0.4 is 11.1 Å². The van der Waals surface area contributed by atoms with Crippen molar-refractivity contribution in [3.63, 3.8) is 0 Å². The van der Waals surface area contributed by atoms with Crippen LogP contribution in [0.2, 0.25) is 15.1 Å². The van der Waals surface area contributed by atoms with Crippen molar-refractivity contribution in [1.82, 2.24) is 9.97 Å². The first-order valence-electron chi connectivity index (χ1n) is 4.66. The minimum Gasteiger partial charge on any atom is -0.383 e. The molecule has 0 atom stereocenters. The van der Waals surface area contributed by atoms with Crippen molar-refractivity contribution in [2.75, 3.05) is 11.1 Å². The Morgan fingerprint density at radius 2 is 1.72 bits per heavy atom. The number of benzene rings is 1. The Kier molecular flexibility index (Phi) is 4.17. The van der Waals surface area contributed by atoms with E-state index in [1.165, 1.54) is 6.33 Å². The number of halogens is 4. The van der Waals surface area contributed by atoms with Gasteiger partial charge in [-0.1, -0.05) is 34.8 Å². The molecule has 0 amide bonds. The average molecular weight is 368 g/mol. The zero-order valence-electron chi connectivity index (χ0n) is 8.72. The van der Waals surface area contributed by atoms with Gasteiger partial charge in [-0.05, 0) is 28.1 Å². The van der Waals surface area contributed by atoms with E-state index in [2.05, 4.69) is 31.2 Å². The zero-order valence-corrected chi connectivity index (χ0v) is 12.6. The molecule has 0 fully saturated rings. The minimum absolute atomic E-state index is 0.323. The van der Waals surface area contributed by atoms with E-state index in [4.69, 9.17) is 40.5 Å². The van der Waals surface area contributed by atoms with Gasteiger partial charge in [-0.3, -0.25) is 0 Å². The normalized spacial score (nSPS) is 10.4. The van der Waals surface area contributed by atoms with E-state index >= 15 is 0 Å². The average Bonchev–Trinajstić information content (AvgIpc) is 2.32. The number of nitrogens with two attached hydrogens (primary N) is 1. The Morgan fingerprint density at radius 3 is 2.44 bits per heavy atom. The number of anilines is 3. The van der Waals surface area contributed by atoms with Crippen LogP contribution >= 0.6 is 50.7 Å². The maximum absolute atomic E-state index is 6.05. The lowest BCUT2D eigenvalue weighted by molar-refractivity contribution is 1.16. The number of nitrogens with one attached hydrogen (secondary N) is 1. The predicted octanol–water partition coefficient (Wildman–Crippen LogP) is 4.53. The molecule has 0 unspecified atom stereocenters. The predicted molar refractivity (Wildman–Crippen MR) is 78.9 cm³/mol. The largest absolute Gasteiger partial charge is 0.383 e. The smallest absolute Gasteiger partial charge is 0.150 e. The number of rotatable bonds is 2. The van der Waals surface area contributed by atoms with Crippen LogP contribution in [0.25, 0.3) is 0 Å². The van der Waals surface area contributed by atoms with Crippen LogP contribution in [0.3, 0.4) is 0 Å². The highest BCUT2D eigenvalue weighted by molar-refractivity contribution is 9.10. The molecule has 3 N–H and O–H groups in total. The van der Waals surface area contributed by atoms with Gasteiger partial charge < -0.3 is 11.1 Å². The molecule has 1 aromatic heterocycles. The third kappa shape index (κ3) is 2.80. The van der Waals surface area contributed by atoms with E-state index in [0.717, 1.165) is 0 Å². The van der Waals surface area contributed by atoms with E-state index in [-0.39, 0.29) is 0 Å². The topological polar surface area (TPSA) is 63.8 Å². The van der Waals surface area contributed by atoms with Gasteiger partial charge in [0.2, 0.25) is 0 Å². The molecule has 18 heavy (non-hydrogen) atoms. The van der Waals surface area contributed by atoms with Crippen LogP contribution in [-0.2, 0) is 0 Å². The summed E-state index contributed by atoms with van der Waals surface area (Å²) in [5.41, 5.74) is 6.22. The molecule has 0 aliphatic heterocycles. The molecule has 94 valence electrons. The maximum atomic E-state index is 6.05. The molecule has 0 saturated carbocycles. The maximum Gasteiger partial charge on any atom is 0.150 e. The molecule has 8 heteroatoms. The SMILES string of the molecule is Nc1ncnc(Nc2cc(Cl)c(Cl)cc2Cl)c1Br. The summed E-state index contributed by atoms with van der Waals surface area (Å²) in [6, 6.07) is 3.16. The molecular weight excluding hydrogens is 362 g/mol. The number of nitrogens with zero attached hydrogens (tertiary/aromatic N) is 2. The first-order valence-corrected chi connectivity index (χ1v) is 6.59. The number of hydrogen-bond acceptors (Lipinski definition) is 4. The third-order valence-electron chi connectivity index (χ3n) is 2.08. The molecule has 0 radical (unpaired) electrons. The van der Waals surface area contributed by atoms with Crippen molar-refractivity contribution in [1.29, 1.82) is 0 Å². The van der Waals surface area contributed by atoms with Crippen molar-refractivity contribution in [3.05, 3.63) is 38.0 Å². The molecule has 0 aliphatic carbocycles. The number of nitrogen functional groups attached to an aromatic ring is 1. The van der Waals surface area contributed by atoms with Gasteiger partial charge in [-0.2, -0.15) is 0 Å². The molecule has 1 aromatic carbocycles. The van der Waals surface area contributed by atoms with Crippen LogP contribution in [-0.4, -0.2) is 9.97 Å². The van der Waals surface area contributed by atoms with E-state index in [9.17, 15) is 0 Å². The molecule has 4 nitrogen and oxygen atoms in total. The quantitative estimate of drug-likeness (QED) is 0.765. The fraction of sp³-hybridized carbons (Fsp3) is 0. The van der Waals surface area contributed by atoms with E-state index in [0.29, 0.717) is 36.9 Å². The summed E-state index contributed by atoms with van der Waals surface area (Å²) in [4.78, 5) is 7.88. The molecule has 0 aliphatic rings. The first kappa shape index (κ1) is 13.7. The lowest BCUT2D eigenvalue weighted by atomic mass is 10.3. The summed E-state index contributed by atoms with van der Waals surface area (Å²) < 4.78 is 0.548. The Labute approximate surface area is 127 Å². The van der Waals surface area contributed by atoms with Crippen molar-refractivity contribution in [3.8, 4) is 0 Å². The van der Waals surface area contributed by atoms with Crippen LogP contribution in [0.5, 0.6) is 0 Å². The molecule has 1 heterocycles. The second-order valence-electron chi connectivity index (χ2n) is 3.29.